The number of rotatable bonds is 3. The highest BCUT2D eigenvalue weighted by Crippen LogP contribution is 2.22. The van der Waals surface area contributed by atoms with Crippen molar-refractivity contribution in [2.45, 2.75) is 26.3 Å². The average molecular weight is 358 g/mol. The van der Waals surface area contributed by atoms with Crippen LogP contribution in [0.25, 0.3) is 0 Å². The average Bonchev–Trinajstić information content (AvgIpc) is 2.77. The first-order valence-electron chi connectivity index (χ1n) is 8.48. The summed E-state index contributed by atoms with van der Waals surface area (Å²) in [7, 11) is 0. The minimum absolute atomic E-state index is 0.0451. The number of carbonyl (C=O) groups excluding carboxylic acids is 4. The van der Waals surface area contributed by atoms with Gasteiger partial charge in [0.05, 0.1) is 0 Å². The van der Waals surface area contributed by atoms with Gasteiger partial charge in [-0.2, -0.15) is 0 Å². The SMILES string of the molecule is Cc1ccc(N2CCN(C(=O)CN3C(=O)NC(=O)C3(C)C)CC2=O)cc1. The zero-order valence-electron chi connectivity index (χ0n) is 15.1. The number of imide groups is 1. The van der Waals surface area contributed by atoms with Gasteiger partial charge in [-0.1, -0.05) is 17.7 Å². The highest BCUT2D eigenvalue weighted by atomic mass is 16.2. The summed E-state index contributed by atoms with van der Waals surface area (Å²) >= 11 is 0. The molecule has 0 spiro atoms. The lowest BCUT2D eigenvalue weighted by Gasteiger charge is -2.36. The molecule has 26 heavy (non-hydrogen) atoms. The molecule has 0 radical (unpaired) electrons. The summed E-state index contributed by atoms with van der Waals surface area (Å²) in [6.07, 6.45) is 0. The van der Waals surface area contributed by atoms with Crippen molar-refractivity contribution in [2.24, 2.45) is 0 Å². The van der Waals surface area contributed by atoms with Crippen LogP contribution in [-0.4, -0.2) is 65.3 Å². The fourth-order valence-corrected chi connectivity index (χ4v) is 3.08. The second-order valence-electron chi connectivity index (χ2n) is 7.10. The first-order valence-corrected chi connectivity index (χ1v) is 8.48. The summed E-state index contributed by atoms with van der Waals surface area (Å²) in [5.74, 6) is -0.954. The van der Waals surface area contributed by atoms with Crippen LogP contribution >= 0.6 is 0 Å². The maximum atomic E-state index is 12.5. The first kappa shape index (κ1) is 17.9. The standard InChI is InChI=1S/C18H22N4O4/c1-12-4-6-13(7-5-12)21-9-8-20(10-15(21)24)14(23)11-22-17(26)19-16(25)18(22,2)3/h4-7H,8-11H2,1-3H3,(H,19,25,26). The Hall–Kier alpha value is -2.90. The van der Waals surface area contributed by atoms with E-state index in [9.17, 15) is 19.2 Å². The van der Waals surface area contributed by atoms with Crippen molar-refractivity contribution in [3.8, 4) is 0 Å². The van der Waals surface area contributed by atoms with Gasteiger partial charge in [0, 0.05) is 18.8 Å². The molecule has 2 aliphatic heterocycles. The van der Waals surface area contributed by atoms with Gasteiger partial charge >= 0.3 is 6.03 Å². The summed E-state index contributed by atoms with van der Waals surface area (Å²) < 4.78 is 0. The van der Waals surface area contributed by atoms with Gasteiger partial charge in [0.2, 0.25) is 11.8 Å². The minimum atomic E-state index is -1.08. The third kappa shape index (κ3) is 3.14. The quantitative estimate of drug-likeness (QED) is 0.797. The maximum Gasteiger partial charge on any atom is 0.325 e. The highest BCUT2D eigenvalue weighted by Gasteiger charge is 2.46. The van der Waals surface area contributed by atoms with Crippen LogP contribution in [0.15, 0.2) is 24.3 Å². The second kappa shape index (κ2) is 6.44. The lowest BCUT2D eigenvalue weighted by Crippen LogP contribution is -2.56. The largest absolute Gasteiger partial charge is 0.330 e. The van der Waals surface area contributed by atoms with Crippen molar-refractivity contribution in [3.05, 3.63) is 29.8 Å². The molecule has 5 amide bonds. The molecular formula is C18H22N4O4. The molecule has 2 heterocycles. The molecule has 8 nitrogen and oxygen atoms in total. The number of benzene rings is 1. The van der Waals surface area contributed by atoms with Crippen LogP contribution in [-0.2, 0) is 14.4 Å². The molecule has 1 aromatic carbocycles. The highest BCUT2D eigenvalue weighted by molar-refractivity contribution is 6.08. The van der Waals surface area contributed by atoms with Crippen LogP contribution in [0, 0.1) is 6.92 Å². The van der Waals surface area contributed by atoms with E-state index in [1.807, 2.05) is 31.2 Å². The van der Waals surface area contributed by atoms with Crippen LogP contribution in [0.1, 0.15) is 19.4 Å². The summed E-state index contributed by atoms with van der Waals surface area (Å²) in [6.45, 7) is 5.63. The summed E-state index contributed by atoms with van der Waals surface area (Å²) in [4.78, 5) is 53.0. The van der Waals surface area contributed by atoms with Crippen molar-refractivity contribution >= 4 is 29.4 Å². The van der Waals surface area contributed by atoms with Gasteiger partial charge in [-0.25, -0.2) is 4.79 Å². The molecule has 3 rings (SSSR count). The number of urea groups is 1. The van der Waals surface area contributed by atoms with E-state index in [0.717, 1.165) is 11.3 Å². The van der Waals surface area contributed by atoms with Crippen molar-refractivity contribution < 1.29 is 19.2 Å². The van der Waals surface area contributed by atoms with E-state index in [2.05, 4.69) is 5.32 Å². The molecule has 0 atom stereocenters. The third-order valence-corrected chi connectivity index (χ3v) is 4.91. The number of hydrogen-bond donors (Lipinski definition) is 1. The molecule has 0 unspecified atom stereocenters. The predicted octanol–water partition coefficient (Wildman–Crippen LogP) is 0.501. The van der Waals surface area contributed by atoms with Crippen molar-refractivity contribution in [2.75, 3.05) is 31.1 Å². The number of carbonyl (C=O) groups is 4. The van der Waals surface area contributed by atoms with E-state index in [1.165, 1.54) is 9.80 Å². The Balaban J connectivity index is 1.64. The lowest BCUT2D eigenvalue weighted by molar-refractivity contribution is -0.138. The van der Waals surface area contributed by atoms with E-state index >= 15 is 0 Å². The molecule has 0 bridgehead atoms. The van der Waals surface area contributed by atoms with Crippen LogP contribution < -0.4 is 10.2 Å². The molecule has 8 heteroatoms. The summed E-state index contributed by atoms with van der Waals surface area (Å²) in [5.41, 5.74) is 0.829. The Bertz CT molecular complexity index is 772. The fourth-order valence-electron chi connectivity index (χ4n) is 3.08. The maximum absolute atomic E-state index is 12.5. The number of aryl methyl sites for hydroxylation is 1. The number of piperazine rings is 1. The van der Waals surface area contributed by atoms with Crippen LogP contribution in [0.2, 0.25) is 0 Å². The van der Waals surface area contributed by atoms with Gasteiger partial charge in [-0.15, -0.1) is 0 Å². The van der Waals surface area contributed by atoms with E-state index in [4.69, 9.17) is 0 Å². The van der Waals surface area contributed by atoms with Crippen LogP contribution in [0.4, 0.5) is 10.5 Å². The topological polar surface area (TPSA) is 90.0 Å². The van der Waals surface area contributed by atoms with Crippen molar-refractivity contribution in [3.63, 3.8) is 0 Å². The van der Waals surface area contributed by atoms with Crippen molar-refractivity contribution in [1.29, 1.82) is 0 Å². The molecule has 138 valence electrons. The Kier molecular flexibility index (Phi) is 4.43. The number of nitrogens with one attached hydrogen (secondary N) is 1. The molecule has 2 fully saturated rings. The molecule has 0 aliphatic carbocycles. The summed E-state index contributed by atoms with van der Waals surface area (Å²) in [6, 6.07) is 7.05. The van der Waals surface area contributed by atoms with E-state index in [-0.39, 0.29) is 24.9 Å². The van der Waals surface area contributed by atoms with Gasteiger partial charge in [0.1, 0.15) is 18.6 Å². The number of amides is 5. The molecule has 0 aromatic heterocycles. The zero-order chi connectivity index (χ0) is 19.1. The first-order chi connectivity index (χ1) is 12.2. The third-order valence-electron chi connectivity index (χ3n) is 4.91. The summed E-state index contributed by atoms with van der Waals surface area (Å²) in [5, 5.41) is 2.21. The van der Waals surface area contributed by atoms with Crippen molar-refractivity contribution in [1.82, 2.24) is 15.1 Å². The Labute approximate surface area is 151 Å². The van der Waals surface area contributed by atoms with Gasteiger partial charge in [0.25, 0.3) is 5.91 Å². The lowest BCUT2D eigenvalue weighted by atomic mass is 10.0. The van der Waals surface area contributed by atoms with Gasteiger partial charge in [0.15, 0.2) is 0 Å². The molecule has 1 N–H and O–H groups in total. The van der Waals surface area contributed by atoms with Gasteiger partial charge in [-0.3, -0.25) is 19.7 Å². The van der Waals surface area contributed by atoms with Gasteiger partial charge in [-0.05, 0) is 32.9 Å². The van der Waals surface area contributed by atoms with E-state index < -0.39 is 17.5 Å². The van der Waals surface area contributed by atoms with E-state index in [0.29, 0.717) is 13.1 Å². The monoisotopic (exact) mass is 358 g/mol. The Morgan fingerprint density at radius 1 is 1.12 bits per heavy atom. The fraction of sp³-hybridized carbons (Fsp3) is 0.444. The number of nitrogens with zero attached hydrogens (tertiary/aromatic N) is 3. The van der Waals surface area contributed by atoms with Crippen LogP contribution in [0.3, 0.4) is 0 Å². The predicted molar refractivity (Wildman–Crippen MR) is 94.4 cm³/mol. The zero-order valence-corrected chi connectivity index (χ0v) is 15.1. The normalized spacial score (nSPS) is 19.8. The Morgan fingerprint density at radius 3 is 2.31 bits per heavy atom. The molecule has 2 aliphatic rings. The smallest absolute Gasteiger partial charge is 0.325 e. The molecule has 0 saturated carbocycles. The minimum Gasteiger partial charge on any atom is -0.330 e. The van der Waals surface area contributed by atoms with Gasteiger partial charge < -0.3 is 14.7 Å². The van der Waals surface area contributed by atoms with E-state index in [1.54, 1.807) is 18.7 Å². The molecule has 2 saturated heterocycles. The molecular weight excluding hydrogens is 336 g/mol. The number of anilines is 1. The van der Waals surface area contributed by atoms with Crippen LogP contribution in [0.5, 0.6) is 0 Å². The number of hydrogen-bond acceptors (Lipinski definition) is 4. The second-order valence-corrected chi connectivity index (χ2v) is 7.10. The Morgan fingerprint density at radius 2 is 1.77 bits per heavy atom. The molecule has 1 aromatic rings.